The van der Waals surface area contributed by atoms with Gasteiger partial charge in [-0.3, -0.25) is 4.79 Å². The van der Waals surface area contributed by atoms with E-state index in [1.807, 2.05) is 6.92 Å². The molecule has 0 aliphatic carbocycles. The van der Waals surface area contributed by atoms with Gasteiger partial charge in [-0.1, -0.05) is 0 Å². The van der Waals surface area contributed by atoms with Crippen LogP contribution in [0.4, 0.5) is 0 Å². The van der Waals surface area contributed by atoms with Crippen LogP contribution in [0.3, 0.4) is 0 Å². The van der Waals surface area contributed by atoms with Crippen molar-refractivity contribution in [1.29, 1.82) is 0 Å². The quantitative estimate of drug-likeness (QED) is 0.617. The molecule has 17 heavy (non-hydrogen) atoms. The molecule has 0 radical (unpaired) electrons. The molecule has 2 saturated heterocycles. The molecular formula is C12H23N3O2. The summed E-state index contributed by atoms with van der Waals surface area (Å²) in [5, 5.41) is 9.69. The van der Waals surface area contributed by atoms with Gasteiger partial charge in [-0.15, -0.1) is 0 Å². The predicted octanol–water partition coefficient (Wildman–Crippen LogP) is -0.380. The fourth-order valence-electron chi connectivity index (χ4n) is 2.34. The highest BCUT2D eigenvalue weighted by Crippen LogP contribution is 2.25. The van der Waals surface area contributed by atoms with Gasteiger partial charge in [-0.2, -0.15) is 0 Å². The van der Waals surface area contributed by atoms with Gasteiger partial charge in [0, 0.05) is 25.7 Å². The Labute approximate surface area is 103 Å². The molecule has 2 aliphatic rings. The summed E-state index contributed by atoms with van der Waals surface area (Å²) in [6.45, 7) is 8.43. The van der Waals surface area contributed by atoms with Gasteiger partial charge in [0.25, 0.3) is 0 Å². The van der Waals surface area contributed by atoms with E-state index in [1.54, 1.807) is 0 Å². The molecule has 2 rings (SSSR count). The molecule has 0 aromatic carbocycles. The van der Waals surface area contributed by atoms with Crippen LogP contribution in [0.2, 0.25) is 0 Å². The van der Waals surface area contributed by atoms with Crippen LogP contribution in [-0.2, 0) is 9.53 Å². The minimum Gasteiger partial charge on any atom is -0.376 e. The second-order valence-corrected chi connectivity index (χ2v) is 5.44. The van der Waals surface area contributed by atoms with E-state index in [1.165, 1.54) is 0 Å². The van der Waals surface area contributed by atoms with Gasteiger partial charge in [0.1, 0.15) is 0 Å². The molecule has 0 aromatic rings. The number of amides is 1. The third-order valence-electron chi connectivity index (χ3n) is 3.95. The van der Waals surface area contributed by atoms with Crippen LogP contribution in [0.25, 0.3) is 0 Å². The average molecular weight is 241 g/mol. The minimum atomic E-state index is -0.220. The van der Waals surface area contributed by atoms with E-state index in [0.29, 0.717) is 12.6 Å². The van der Waals surface area contributed by atoms with E-state index in [4.69, 9.17) is 4.74 Å². The summed E-state index contributed by atoms with van der Waals surface area (Å²) in [5.41, 5.74) is -0.220. The Balaban J connectivity index is 1.88. The van der Waals surface area contributed by atoms with E-state index in [9.17, 15) is 4.79 Å². The first-order valence-electron chi connectivity index (χ1n) is 6.42. The summed E-state index contributed by atoms with van der Waals surface area (Å²) in [6, 6.07) is 0.305. The smallest absolute Gasteiger partial charge is 0.238 e. The lowest BCUT2D eigenvalue weighted by Gasteiger charge is -2.34. The fourth-order valence-corrected chi connectivity index (χ4v) is 2.34. The van der Waals surface area contributed by atoms with Crippen molar-refractivity contribution in [2.45, 2.75) is 50.9 Å². The molecule has 98 valence electrons. The van der Waals surface area contributed by atoms with Gasteiger partial charge in [0.05, 0.1) is 17.7 Å². The first-order chi connectivity index (χ1) is 8.01. The maximum Gasteiger partial charge on any atom is 0.238 e. The monoisotopic (exact) mass is 241 g/mol. The number of rotatable bonds is 2. The van der Waals surface area contributed by atoms with Crippen LogP contribution >= 0.6 is 0 Å². The Morgan fingerprint density at radius 1 is 1.35 bits per heavy atom. The molecule has 4 atom stereocenters. The molecular weight excluding hydrogens is 218 g/mol. The number of carbonyl (C=O) groups is 1. The van der Waals surface area contributed by atoms with Crippen molar-refractivity contribution in [3.05, 3.63) is 0 Å². The molecule has 0 bridgehead atoms. The summed E-state index contributed by atoms with van der Waals surface area (Å²) < 4.78 is 5.52. The highest BCUT2D eigenvalue weighted by atomic mass is 16.5. The molecule has 2 fully saturated rings. The second kappa shape index (κ2) is 4.92. The van der Waals surface area contributed by atoms with Gasteiger partial charge >= 0.3 is 0 Å². The van der Waals surface area contributed by atoms with E-state index in [-0.39, 0.29) is 23.6 Å². The van der Waals surface area contributed by atoms with Crippen LogP contribution in [-0.4, -0.2) is 49.3 Å². The Bertz CT molecular complexity index is 289. The Morgan fingerprint density at radius 2 is 2.12 bits per heavy atom. The van der Waals surface area contributed by atoms with Gasteiger partial charge in [0.2, 0.25) is 5.91 Å². The summed E-state index contributed by atoms with van der Waals surface area (Å²) in [6.07, 6.45) is 0.970. The molecule has 5 heteroatoms. The Morgan fingerprint density at radius 3 is 2.65 bits per heavy atom. The SMILES string of the molecule is CC1CNC(C(=O)NC2(C)CCOC2C)CN1. The summed E-state index contributed by atoms with van der Waals surface area (Å²) in [7, 11) is 0. The first kappa shape index (κ1) is 12.8. The van der Waals surface area contributed by atoms with Crippen molar-refractivity contribution < 1.29 is 9.53 Å². The standard InChI is InChI=1S/C12H23N3O2/c1-8-6-14-10(7-13-8)11(16)15-12(3)4-5-17-9(12)2/h8-10,13-14H,4-7H2,1-3H3,(H,15,16). The van der Waals surface area contributed by atoms with E-state index >= 15 is 0 Å². The lowest BCUT2D eigenvalue weighted by Crippen LogP contribution is -2.62. The third kappa shape index (κ3) is 2.78. The zero-order valence-electron chi connectivity index (χ0n) is 10.9. The molecule has 0 aromatic heterocycles. The molecule has 4 unspecified atom stereocenters. The number of piperazine rings is 1. The van der Waals surface area contributed by atoms with E-state index < -0.39 is 0 Å². The number of nitrogens with one attached hydrogen (secondary N) is 3. The van der Waals surface area contributed by atoms with Gasteiger partial charge in [-0.05, 0) is 27.2 Å². The second-order valence-electron chi connectivity index (χ2n) is 5.44. The van der Waals surface area contributed by atoms with Crippen molar-refractivity contribution in [2.24, 2.45) is 0 Å². The molecule has 3 N–H and O–H groups in total. The topological polar surface area (TPSA) is 62.4 Å². The number of hydrogen-bond acceptors (Lipinski definition) is 4. The van der Waals surface area contributed by atoms with Gasteiger partial charge < -0.3 is 20.7 Å². The molecule has 0 spiro atoms. The number of carbonyl (C=O) groups excluding carboxylic acids is 1. The zero-order valence-corrected chi connectivity index (χ0v) is 10.9. The van der Waals surface area contributed by atoms with Crippen molar-refractivity contribution in [3.8, 4) is 0 Å². The highest BCUT2D eigenvalue weighted by Gasteiger charge is 2.39. The molecule has 2 aliphatic heterocycles. The average Bonchev–Trinajstić information content (AvgIpc) is 2.60. The van der Waals surface area contributed by atoms with Gasteiger partial charge in [-0.25, -0.2) is 0 Å². The molecule has 2 heterocycles. The van der Waals surface area contributed by atoms with Crippen LogP contribution in [0, 0.1) is 0 Å². The summed E-state index contributed by atoms with van der Waals surface area (Å²) >= 11 is 0. The van der Waals surface area contributed by atoms with Crippen molar-refractivity contribution in [1.82, 2.24) is 16.0 Å². The largest absolute Gasteiger partial charge is 0.376 e. The maximum atomic E-state index is 12.1. The first-order valence-corrected chi connectivity index (χ1v) is 6.42. The van der Waals surface area contributed by atoms with Crippen LogP contribution in [0.15, 0.2) is 0 Å². The molecule has 0 saturated carbocycles. The number of ether oxygens (including phenoxy) is 1. The number of hydrogen-bond donors (Lipinski definition) is 3. The normalized spacial score (nSPS) is 42.4. The van der Waals surface area contributed by atoms with Crippen molar-refractivity contribution in [2.75, 3.05) is 19.7 Å². The lowest BCUT2D eigenvalue weighted by atomic mass is 9.94. The Kier molecular flexibility index (Phi) is 3.70. The fraction of sp³-hybridized carbons (Fsp3) is 0.917. The zero-order chi connectivity index (χ0) is 12.5. The maximum absolute atomic E-state index is 12.1. The summed E-state index contributed by atoms with van der Waals surface area (Å²) in [5.74, 6) is 0.0734. The van der Waals surface area contributed by atoms with Gasteiger partial charge in [0.15, 0.2) is 0 Å². The predicted molar refractivity (Wildman–Crippen MR) is 65.8 cm³/mol. The highest BCUT2D eigenvalue weighted by molar-refractivity contribution is 5.83. The molecule has 5 nitrogen and oxygen atoms in total. The Hall–Kier alpha value is -0.650. The minimum absolute atomic E-state index is 0.0734. The lowest BCUT2D eigenvalue weighted by molar-refractivity contribution is -0.125. The summed E-state index contributed by atoms with van der Waals surface area (Å²) in [4.78, 5) is 12.1. The third-order valence-corrected chi connectivity index (χ3v) is 3.95. The molecule has 1 amide bonds. The van der Waals surface area contributed by atoms with Crippen LogP contribution < -0.4 is 16.0 Å². The van der Waals surface area contributed by atoms with Crippen molar-refractivity contribution >= 4 is 5.91 Å². The van der Waals surface area contributed by atoms with Crippen LogP contribution in [0.1, 0.15) is 27.2 Å². The van der Waals surface area contributed by atoms with Crippen LogP contribution in [0.5, 0.6) is 0 Å². The van der Waals surface area contributed by atoms with E-state index in [2.05, 4.69) is 29.8 Å². The van der Waals surface area contributed by atoms with E-state index in [0.717, 1.165) is 19.6 Å². The van der Waals surface area contributed by atoms with Crippen molar-refractivity contribution in [3.63, 3.8) is 0 Å².